The van der Waals surface area contributed by atoms with Crippen molar-refractivity contribution in [2.75, 3.05) is 23.8 Å². The summed E-state index contributed by atoms with van der Waals surface area (Å²) in [5.41, 5.74) is 1.52. The third-order valence-corrected chi connectivity index (χ3v) is 7.25. The molecule has 10 nitrogen and oxygen atoms in total. The molecule has 2 amide bonds. The molecular formula is C19H21I3N2O8. The average Bonchev–Trinajstić information content (AvgIpc) is 2.67. The maximum absolute atomic E-state index is 12.4. The summed E-state index contributed by atoms with van der Waals surface area (Å²) in [6, 6.07) is 0. The fourth-order valence-corrected chi connectivity index (χ4v) is 6.61. The summed E-state index contributed by atoms with van der Waals surface area (Å²) in [6.07, 6.45) is -0.0692. The van der Waals surface area contributed by atoms with Crippen LogP contribution >= 0.6 is 67.8 Å². The summed E-state index contributed by atoms with van der Waals surface area (Å²) >= 11 is 6.04. The van der Waals surface area contributed by atoms with Gasteiger partial charge in [-0.3, -0.25) is 24.0 Å². The Morgan fingerprint density at radius 1 is 0.750 bits per heavy atom. The molecule has 0 saturated carbocycles. The Labute approximate surface area is 225 Å². The number of anilines is 2. The highest BCUT2D eigenvalue weighted by molar-refractivity contribution is 14.1. The number of esters is 2. The molecule has 0 heterocycles. The maximum atomic E-state index is 12.4. The summed E-state index contributed by atoms with van der Waals surface area (Å²) in [6.45, 7) is 2.33. The van der Waals surface area contributed by atoms with Crippen LogP contribution in [0.2, 0.25) is 0 Å². The van der Waals surface area contributed by atoms with E-state index in [1.807, 2.05) is 67.8 Å². The minimum atomic E-state index is -0.978. The van der Waals surface area contributed by atoms with Crippen LogP contribution in [0, 0.1) is 10.7 Å². The first-order chi connectivity index (χ1) is 14.9. The molecule has 1 aromatic carbocycles. The average molecular weight is 786 g/mol. The molecule has 13 heteroatoms. The van der Waals surface area contributed by atoms with Crippen LogP contribution in [0.15, 0.2) is 0 Å². The number of carbonyl (C=O) groups is 5. The highest BCUT2D eigenvalue weighted by Gasteiger charge is 2.23. The topological polar surface area (TPSA) is 148 Å². The van der Waals surface area contributed by atoms with Gasteiger partial charge in [0.15, 0.2) is 0 Å². The zero-order valence-electron chi connectivity index (χ0n) is 17.2. The van der Waals surface area contributed by atoms with E-state index in [1.54, 1.807) is 0 Å². The molecule has 32 heavy (non-hydrogen) atoms. The Kier molecular flexibility index (Phi) is 12.7. The van der Waals surface area contributed by atoms with E-state index >= 15 is 0 Å². The van der Waals surface area contributed by atoms with Crippen LogP contribution in [0.4, 0.5) is 11.4 Å². The van der Waals surface area contributed by atoms with Crippen LogP contribution in [-0.2, 0) is 39.9 Å². The molecule has 0 bridgehead atoms. The number of benzene rings is 1. The van der Waals surface area contributed by atoms with E-state index in [0.717, 1.165) is 0 Å². The molecule has 176 valence electrons. The number of hydrogen-bond acceptors (Lipinski definition) is 7. The fourth-order valence-electron chi connectivity index (χ4n) is 2.37. The predicted molar refractivity (Wildman–Crippen MR) is 140 cm³/mol. The van der Waals surface area contributed by atoms with Gasteiger partial charge in [-0.2, -0.15) is 0 Å². The van der Waals surface area contributed by atoms with Crippen LogP contribution in [-0.4, -0.2) is 48.0 Å². The van der Waals surface area contributed by atoms with E-state index < -0.39 is 29.7 Å². The minimum absolute atomic E-state index is 0.0632. The SMILES string of the molecule is CC(=O)OCCC(=O)Nc1c(I)c(CCC(=O)O)c(I)c(NC(=O)CCOC(C)=O)c1I. The van der Waals surface area contributed by atoms with Crippen molar-refractivity contribution in [3.8, 4) is 0 Å². The van der Waals surface area contributed by atoms with Crippen LogP contribution in [0.1, 0.15) is 38.7 Å². The number of carboxylic acids is 1. The molecule has 0 aliphatic heterocycles. The standard InChI is InChI=1S/C19H21I3N2O8/c1-9(25)31-7-5-12(27)23-18-15(20)11(3-4-14(29)30)16(21)19(17(18)22)24-13(28)6-8-32-10(2)26/h3-8H2,1-2H3,(H,23,27)(H,24,28)(H,29,30). The van der Waals surface area contributed by atoms with Gasteiger partial charge in [-0.05, 0) is 79.8 Å². The van der Waals surface area contributed by atoms with Gasteiger partial charge >= 0.3 is 17.9 Å². The molecule has 0 unspecified atom stereocenters. The number of amides is 2. The van der Waals surface area contributed by atoms with E-state index in [1.165, 1.54) is 13.8 Å². The molecule has 0 atom stereocenters. The monoisotopic (exact) mass is 786 g/mol. The quantitative estimate of drug-likeness (QED) is 0.229. The number of carbonyl (C=O) groups excluding carboxylic acids is 4. The van der Waals surface area contributed by atoms with Gasteiger partial charge < -0.3 is 25.2 Å². The van der Waals surface area contributed by atoms with E-state index in [-0.39, 0.29) is 38.9 Å². The second-order valence-electron chi connectivity index (χ2n) is 6.34. The van der Waals surface area contributed by atoms with Gasteiger partial charge in [-0.1, -0.05) is 0 Å². The van der Waals surface area contributed by atoms with Gasteiger partial charge in [0.05, 0.1) is 27.8 Å². The van der Waals surface area contributed by atoms with Crippen LogP contribution in [0.3, 0.4) is 0 Å². The number of halogens is 3. The molecule has 1 rings (SSSR count). The fraction of sp³-hybridized carbons (Fsp3) is 0.421. The Balaban J connectivity index is 3.22. The number of hydrogen-bond donors (Lipinski definition) is 3. The number of nitrogens with one attached hydrogen (secondary N) is 2. The Bertz CT molecular complexity index is 859. The third kappa shape index (κ3) is 9.72. The lowest BCUT2D eigenvalue weighted by Crippen LogP contribution is -2.21. The van der Waals surface area contributed by atoms with E-state index in [0.29, 0.717) is 27.6 Å². The van der Waals surface area contributed by atoms with Crippen molar-refractivity contribution in [2.45, 2.75) is 39.5 Å². The van der Waals surface area contributed by atoms with E-state index in [2.05, 4.69) is 10.6 Å². The first kappa shape index (κ1) is 28.8. The largest absolute Gasteiger partial charge is 0.481 e. The van der Waals surface area contributed by atoms with Crippen molar-refractivity contribution >= 4 is 109 Å². The summed E-state index contributed by atoms with van der Waals surface area (Å²) < 4.78 is 11.4. The lowest BCUT2D eigenvalue weighted by Gasteiger charge is -2.20. The van der Waals surface area contributed by atoms with Gasteiger partial charge in [-0.25, -0.2) is 0 Å². The Morgan fingerprint density at radius 3 is 1.50 bits per heavy atom. The summed E-state index contributed by atoms with van der Waals surface area (Å²) in [5, 5.41) is 14.6. The van der Waals surface area contributed by atoms with Crippen LogP contribution in [0.25, 0.3) is 0 Å². The van der Waals surface area contributed by atoms with Crippen molar-refractivity contribution < 1.29 is 38.6 Å². The van der Waals surface area contributed by atoms with E-state index in [9.17, 15) is 24.0 Å². The minimum Gasteiger partial charge on any atom is -0.481 e. The summed E-state index contributed by atoms with van der Waals surface area (Å²) in [5.74, 6) is -2.77. The zero-order chi connectivity index (χ0) is 24.4. The van der Waals surface area contributed by atoms with Gasteiger partial charge in [-0.15, -0.1) is 0 Å². The molecule has 1 aromatic rings. The normalized spacial score (nSPS) is 10.3. The molecule has 0 radical (unpaired) electrons. The van der Waals surface area contributed by atoms with Crippen molar-refractivity contribution in [1.82, 2.24) is 0 Å². The van der Waals surface area contributed by atoms with Gasteiger partial charge in [0.2, 0.25) is 11.8 Å². The van der Waals surface area contributed by atoms with Gasteiger partial charge in [0.25, 0.3) is 0 Å². The number of aliphatic carboxylic acids is 1. The first-order valence-electron chi connectivity index (χ1n) is 9.21. The molecule has 0 aromatic heterocycles. The van der Waals surface area contributed by atoms with Gasteiger partial charge in [0.1, 0.15) is 13.2 Å². The molecule has 3 N–H and O–H groups in total. The highest BCUT2D eigenvalue weighted by Crippen LogP contribution is 2.39. The molecule has 0 spiro atoms. The highest BCUT2D eigenvalue weighted by atomic mass is 127. The molecule has 0 saturated heterocycles. The zero-order valence-corrected chi connectivity index (χ0v) is 23.7. The first-order valence-corrected chi connectivity index (χ1v) is 12.4. The second-order valence-corrected chi connectivity index (χ2v) is 9.58. The van der Waals surface area contributed by atoms with E-state index in [4.69, 9.17) is 14.6 Å². The van der Waals surface area contributed by atoms with Gasteiger partial charge in [0, 0.05) is 27.4 Å². The Hall–Kier alpha value is -1.24. The lowest BCUT2D eigenvalue weighted by atomic mass is 10.1. The molecule has 0 aliphatic carbocycles. The molecular weight excluding hydrogens is 765 g/mol. The molecule has 0 fully saturated rings. The second kappa shape index (κ2) is 14.1. The Morgan fingerprint density at radius 2 is 1.16 bits per heavy atom. The van der Waals surface area contributed by atoms with Crippen molar-refractivity contribution in [3.63, 3.8) is 0 Å². The lowest BCUT2D eigenvalue weighted by molar-refractivity contribution is -0.142. The van der Waals surface area contributed by atoms with Crippen LogP contribution < -0.4 is 10.6 Å². The third-order valence-electron chi connectivity index (χ3n) is 3.79. The number of carboxylic acid groups (broad SMARTS) is 1. The number of rotatable bonds is 11. The van der Waals surface area contributed by atoms with Crippen molar-refractivity contribution in [2.24, 2.45) is 0 Å². The van der Waals surface area contributed by atoms with Crippen LogP contribution in [0.5, 0.6) is 0 Å². The summed E-state index contributed by atoms with van der Waals surface area (Å²) in [7, 11) is 0. The smallest absolute Gasteiger partial charge is 0.303 e. The predicted octanol–water partition coefficient (Wildman–Crippen LogP) is 3.30. The van der Waals surface area contributed by atoms with Crippen molar-refractivity contribution in [3.05, 3.63) is 16.3 Å². The summed E-state index contributed by atoms with van der Waals surface area (Å²) in [4.78, 5) is 57.6. The maximum Gasteiger partial charge on any atom is 0.303 e. The number of ether oxygens (including phenoxy) is 2. The van der Waals surface area contributed by atoms with Crippen molar-refractivity contribution in [1.29, 1.82) is 0 Å². The molecule has 0 aliphatic rings.